The average molecular weight is 285 g/mol. The molecule has 0 saturated carbocycles. The predicted octanol–water partition coefficient (Wildman–Crippen LogP) is 2.99. The monoisotopic (exact) mass is 285 g/mol. The van der Waals surface area contributed by atoms with E-state index in [0.29, 0.717) is 0 Å². The van der Waals surface area contributed by atoms with Crippen LogP contribution in [0.25, 0.3) is 10.9 Å². The van der Waals surface area contributed by atoms with Gasteiger partial charge in [0.25, 0.3) is 0 Å². The highest BCUT2D eigenvalue weighted by Gasteiger charge is 2.20. The van der Waals surface area contributed by atoms with Crippen molar-refractivity contribution >= 4 is 22.5 Å². The van der Waals surface area contributed by atoms with Crippen LogP contribution in [-0.4, -0.2) is 23.6 Å². The number of carbonyl (C=O) groups excluding carboxylic acids is 1. The van der Waals surface area contributed by atoms with Crippen LogP contribution in [0.5, 0.6) is 0 Å². The van der Waals surface area contributed by atoms with Gasteiger partial charge in [0.2, 0.25) is 5.91 Å². The molecule has 1 fully saturated rings. The molecule has 0 bridgehead atoms. The van der Waals surface area contributed by atoms with Crippen LogP contribution in [0.4, 0.5) is 5.69 Å². The highest BCUT2D eigenvalue weighted by molar-refractivity contribution is 5.95. The molecule has 0 radical (unpaired) electrons. The molecule has 0 spiro atoms. The summed E-state index contributed by atoms with van der Waals surface area (Å²) in [5, 5.41) is 7.55. The summed E-state index contributed by atoms with van der Waals surface area (Å²) in [7, 11) is 0. The first-order valence-corrected chi connectivity index (χ1v) is 7.88. The summed E-state index contributed by atoms with van der Waals surface area (Å²) >= 11 is 0. The molecule has 1 aliphatic heterocycles. The lowest BCUT2D eigenvalue weighted by Gasteiger charge is -2.21. The molecular formula is C17H23N3O. The molecule has 112 valence electrons. The fraction of sp³-hybridized carbons (Fsp3) is 0.471. The van der Waals surface area contributed by atoms with Crippen molar-refractivity contribution in [1.82, 2.24) is 9.88 Å². The van der Waals surface area contributed by atoms with Crippen molar-refractivity contribution in [2.75, 3.05) is 18.4 Å². The van der Waals surface area contributed by atoms with Gasteiger partial charge in [0, 0.05) is 35.2 Å². The summed E-state index contributed by atoms with van der Waals surface area (Å²) in [6, 6.07) is 8.29. The molecule has 1 aromatic heterocycles. The lowest BCUT2D eigenvalue weighted by Crippen LogP contribution is -2.34. The summed E-state index contributed by atoms with van der Waals surface area (Å²) < 4.78 is 2.26. The van der Waals surface area contributed by atoms with E-state index >= 15 is 0 Å². The van der Waals surface area contributed by atoms with E-state index in [2.05, 4.69) is 46.5 Å². The second-order valence-corrected chi connectivity index (χ2v) is 5.80. The van der Waals surface area contributed by atoms with E-state index in [1.54, 1.807) is 0 Å². The Morgan fingerprint density at radius 3 is 2.90 bits per heavy atom. The molecule has 4 nitrogen and oxygen atoms in total. The second-order valence-electron chi connectivity index (χ2n) is 5.80. The van der Waals surface area contributed by atoms with Crippen molar-refractivity contribution < 1.29 is 4.79 Å². The van der Waals surface area contributed by atoms with Crippen LogP contribution in [0.15, 0.2) is 30.5 Å². The molecule has 0 unspecified atom stereocenters. The summed E-state index contributed by atoms with van der Waals surface area (Å²) in [6.07, 6.45) is 5.10. The van der Waals surface area contributed by atoms with Crippen molar-refractivity contribution in [3.05, 3.63) is 30.5 Å². The zero-order chi connectivity index (χ0) is 14.7. The number of fused-ring (bicyclic) bond motifs is 1. The maximum absolute atomic E-state index is 12.3. The number of rotatable bonds is 4. The lowest BCUT2D eigenvalue weighted by atomic mass is 9.97. The number of carbonyl (C=O) groups is 1. The van der Waals surface area contributed by atoms with Gasteiger partial charge < -0.3 is 15.2 Å². The van der Waals surface area contributed by atoms with Crippen LogP contribution in [0.2, 0.25) is 0 Å². The van der Waals surface area contributed by atoms with Crippen molar-refractivity contribution in [1.29, 1.82) is 0 Å². The topological polar surface area (TPSA) is 46.1 Å². The molecule has 2 aromatic rings. The number of nitrogens with zero attached hydrogens (tertiary/aromatic N) is 1. The standard InChI is InChI=1S/C17H23N3O/c1-2-10-20-11-7-14-12-15(3-4-16(14)20)19-17(21)13-5-8-18-9-6-13/h3-4,7,11-13,18H,2,5-6,8-10H2,1H3,(H,19,21). The quantitative estimate of drug-likeness (QED) is 0.907. The Bertz CT molecular complexity index is 626. The number of aromatic nitrogens is 1. The Balaban J connectivity index is 1.73. The van der Waals surface area contributed by atoms with Gasteiger partial charge in [0.05, 0.1) is 0 Å². The number of piperidine rings is 1. The Kier molecular flexibility index (Phi) is 4.25. The normalized spacial score (nSPS) is 16.2. The SMILES string of the molecule is CCCn1ccc2cc(NC(=O)C3CCNCC3)ccc21. The third-order valence-electron chi connectivity index (χ3n) is 4.21. The second kappa shape index (κ2) is 6.31. The number of aryl methyl sites for hydroxylation is 1. The van der Waals surface area contributed by atoms with Crippen LogP contribution >= 0.6 is 0 Å². The van der Waals surface area contributed by atoms with Crippen LogP contribution in [0.3, 0.4) is 0 Å². The summed E-state index contributed by atoms with van der Waals surface area (Å²) in [5.41, 5.74) is 2.14. The van der Waals surface area contributed by atoms with Crippen LogP contribution in [-0.2, 0) is 11.3 Å². The minimum atomic E-state index is 0.145. The van der Waals surface area contributed by atoms with Crippen molar-refractivity contribution in [3.63, 3.8) is 0 Å². The number of amides is 1. The molecule has 1 amide bonds. The number of hydrogen-bond acceptors (Lipinski definition) is 2. The Labute approximate surface area is 125 Å². The van der Waals surface area contributed by atoms with Crippen LogP contribution in [0, 0.1) is 5.92 Å². The fourth-order valence-electron chi connectivity index (χ4n) is 3.04. The van der Waals surface area contributed by atoms with E-state index in [1.807, 2.05) is 6.07 Å². The van der Waals surface area contributed by atoms with Gasteiger partial charge in [0.1, 0.15) is 0 Å². The third kappa shape index (κ3) is 3.10. The van der Waals surface area contributed by atoms with Gasteiger partial charge in [-0.3, -0.25) is 4.79 Å². The van der Waals surface area contributed by atoms with E-state index in [9.17, 15) is 4.79 Å². The largest absolute Gasteiger partial charge is 0.347 e. The Morgan fingerprint density at radius 2 is 2.14 bits per heavy atom. The maximum Gasteiger partial charge on any atom is 0.227 e. The molecule has 0 aliphatic carbocycles. The van der Waals surface area contributed by atoms with E-state index in [1.165, 1.54) is 10.9 Å². The number of benzene rings is 1. The zero-order valence-electron chi connectivity index (χ0n) is 12.6. The highest BCUT2D eigenvalue weighted by Crippen LogP contribution is 2.22. The minimum Gasteiger partial charge on any atom is -0.347 e. The molecule has 0 atom stereocenters. The van der Waals surface area contributed by atoms with E-state index in [0.717, 1.165) is 44.6 Å². The maximum atomic E-state index is 12.3. The Hall–Kier alpha value is -1.81. The first-order valence-electron chi connectivity index (χ1n) is 7.88. The molecule has 2 heterocycles. The van der Waals surface area contributed by atoms with Crippen molar-refractivity contribution in [2.24, 2.45) is 5.92 Å². The van der Waals surface area contributed by atoms with Crippen molar-refractivity contribution in [2.45, 2.75) is 32.7 Å². The smallest absolute Gasteiger partial charge is 0.227 e. The van der Waals surface area contributed by atoms with Gasteiger partial charge in [-0.05, 0) is 56.6 Å². The van der Waals surface area contributed by atoms with E-state index in [4.69, 9.17) is 0 Å². The van der Waals surface area contributed by atoms with Gasteiger partial charge in [-0.2, -0.15) is 0 Å². The zero-order valence-corrected chi connectivity index (χ0v) is 12.6. The van der Waals surface area contributed by atoms with E-state index < -0.39 is 0 Å². The van der Waals surface area contributed by atoms with Gasteiger partial charge in [-0.25, -0.2) is 0 Å². The third-order valence-corrected chi connectivity index (χ3v) is 4.21. The Morgan fingerprint density at radius 1 is 1.33 bits per heavy atom. The molecule has 2 N–H and O–H groups in total. The van der Waals surface area contributed by atoms with Crippen molar-refractivity contribution in [3.8, 4) is 0 Å². The first-order chi connectivity index (χ1) is 10.3. The molecule has 3 rings (SSSR count). The van der Waals surface area contributed by atoms with Crippen LogP contribution in [0.1, 0.15) is 26.2 Å². The first kappa shape index (κ1) is 14.1. The van der Waals surface area contributed by atoms with Gasteiger partial charge >= 0.3 is 0 Å². The summed E-state index contributed by atoms with van der Waals surface area (Å²) in [5.74, 6) is 0.301. The number of anilines is 1. The molecule has 4 heteroatoms. The summed E-state index contributed by atoms with van der Waals surface area (Å²) in [6.45, 7) is 5.09. The van der Waals surface area contributed by atoms with Gasteiger partial charge in [0.15, 0.2) is 0 Å². The summed E-state index contributed by atoms with van der Waals surface area (Å²) in [4.78, 5) is 12.3. The number of hydrogen-bond donors (Lipinski definition) is 2. The molecular weight excluding hydrogens is 262 g/mol. The number of nitrogens with one attached hydrogen (secondary N) is 2. The fourth-order valence-corrected chi connectivity index (χ4v) is 3.04. The molecule has 1 aliphatic rings. The van der Waals surface area contributed by atoms with Gasteiger partial charge in [-0.1, -0.05) is 6.92 Å². The van der Waals surface area contributed by atoms with E-state index in [-0.39, 0.29) is 11.8 Å². The lowest BCUT2D eigenvalue weighted by molar-refractivity contribution is -0.120. The minimum absolute atomic E-state index is 0.145. The molecule has 1 aromatic carbocycles. The molecule has 1 saturated heterocycles. The molecule has 21 heavy (non-hydrogen) atoms. The highest BCUT2D eigenvalue weighted by atomic mass is 16.1. The van der Waals surface area contributed by atoms with Crippen LogP contribution < -0.4 is 10.6 Å². The predicted molar refractivity (Wildman–Crippen MR) is 86.5 cm³/mol. The van der Waals surface area contributed by atoms with Gasteiger partial charge in [-0.15, -0.1) is 0 Å². The average Bonchev–Trinajstić information content (AvgIpc) is 2.91.